The van der Waals surface area contributed by atoms with Gasteiger partial charge in [-0.05, 0) is 67.4 Å². The van der Waals surface area contributed by atoms with Crippen molar-refractivity contribution in [2.24, 2.45) is 34.2 Å². The number of nitrogens with zero attached hydrogens (tertiary/aromatic N) is 4. The van der Waals surface area contributed by atoms with Gasteiger partial charge in [0, 0.05) is 48.6 Å². The Balaban J connectivity index is 1.27. The van der Waals surface area contributed by atoms with Crippen molar-refractivity contribution in [3.63, 3.8) is 0 Å². The van der Waals surface area contributed by atoms with Gasteiger partial charge in [-0.3, -0.25) is 19.2 Å². The molecule has 294 valence electrons. The van der Waals surface area contributed by atoms with Crippen molar-refractivity contribution in [1.29, 1.82) is 0 Å². The molecule has 2 aliphatic heterocycles. The van der Waals surface area contributed by atoms with E-state index in [1.807, 2.05) is 45.9 Å². The average molecular weight is 765 g/mol. The number of H-pyrrole nitrogens is 1. The fourth-order valence-electron chi connectivity index (χ4n) is 8.76. The van der Waals surface area contributed by atoms with Gasteiger partial charge in [-0.1, -0.05) is 82.3 Å². The number of hydrogen-bond acceptors (Lipinski definition) is 9. The molecule has 0 radical (unpaired) electrons. The van der Waals surface area contributed by atoms with Crippen LogP contribution in [-0.2, 0) is 30.4 Å². The van der Waals surface area contributed by atoms with Gasteiger partial charge in [0.2, 0.25) is 11.8 Å². The molecule has 2 amide bonds. The van der Waals surface area contributed by atoms with Crippen molar-refractivity contribution < 1.29 is 29.1 Å². The van der Waals surface area contributed by atoms with Crippen LogP contribution in [0.1, 0.15) is 122 Å². The van der Waals surface area contributed by atoms with E-state index >= 15 is 0 Å². The van der Waals surface area contributed by atoms with Crippen LogP contribution in [0.25, 0.3) is 0 Å². The number of amides is 2. The van der Waals surface area contributed by atoms with Crippen LogP contribution in [0.2, 0.25) is 5.02 Å². The lowest BCUT2D eigenvalue weighted by molar-refractivity contribution is -0.145. The molecular formula is C41H57ClN6O6. The number of aliphatic hydroxyl groups is 1. The van der Waals surface area contributed by atoms with E-state index in [0.29, 0.717) is 54.5 Å². The highest BCUT2D eigenvalue weighted by atomic mass is 35.5. The number of aromatic amines is 1. The molecule has 1 saturated heterocycles. The minimum Gasteiger partial charge on any atom is -0.387 e. The van der Waals surface area contributed by atoms with Gasteiger partial charge in [-0.25, -0.2) is 0 Å². The van der Waals surface area contributed by atoms with E-state index in [-0.39, 0.29) is 48.7 Å². The van der Waals surface area contributed by atoms with Crippen LogP contribution in [0.15, 0.2) is 35.6 Å². The Morgan fingerprint density at radius 1 is 1.13 bits per heavy atom. The molecule has 1 unspecified atom stereocenters. The summed E-state index contributed by atoms with van der Waals surface area (Å²) in [5.74, 6) is -1.52. The quantitative estimate of drug-likeness (QED) is 0.187. The van der Waals surface area contributed by atoms with E-state index in [4.69, 9.17) is 16.4 Å². The smallest absolute Gasteiger partial charge is 0.246 e. The third-order valence-corrected chi connectivity index (χ3v) is 12.2. The number of oxime groups is 1. The molecule has 6 atom stereocenters. The van der Waals surface area contributed by atoms with Crippen molar-refractivity contribution >= 4 is 40.7 Å². The minimum absolute atomic E-state index is 0.0497. The number of carbonyl (C=O) groups is 4. The summed E-state index contributed by atoms with van der Waals surface area (Å²) < 4.78 is 0. The Labute approximate surface area is 323 Å². The summed E-state index contributed by atoms with van der Waals surface area (Å²) in [6.45, 7) is 7.80. The fraction of sp³-hybridized carbons (Fsp3) is 0.683. The summed E-state index contributed by atoms with van der Waals surface area (Å²) in [5.41, 5.74) is 0.480. The molecule has 3 fully saturated rings. The van der Waals surface area contributed by atoms with Gasteiger partial charge in [0.1, 0.15) is 12.1 Å². The molecule has 4 aliphatic rings. The van der Waals surface area contributed by atoms with Gasteiger partial charge in [-0.15, -0.1) is 0 Å². The zero-order valence-electron chi connectivity index (χ0n) is 32.2. The molecule has 3 heterocycles. The highest BCUT2D eigenvalue weighted by molar-refractivity contribution is 6.31. The lowest BCUT2D eigenvalue weighted by Crippen LogP contribution is -2.58. The van der Waals surface area contributed by atoms with E-state index in [0.717, 1.165) is 50.5 Å². The number of halogens is 1. The molecule has 12 nitrogen and oxygen atoms in total. The topological polar surface area (TPSA) is 167 Å². The number of aliphatic hydroxyl groups excluding tert-OH is 1. The summed E-state index contributed by atoms with van der Waals surface area (Å²) in [5, 5.41) is 30.2. The van der Waals surface area contributed by atoms with Crippen molar-refractivity contribution in [3.05, 3.63) is 46.7 Å². The van der Waals surface area contributed by atoms with Crippen LogP contribution < -0.4 is 5.32 Å². The summed E-state index contributed by atoms with van der Waals surface area (Å²) in [6, 6.07) is 5.48. The Hall–Kier alpha value is -3.64. The number of carbonyl (C=O) groups excluding carboxylic acids is 4. The molecule has 2 aliphatic carbocycles. The van der Waals surface area contributed by atoms with Crippen LogP contribution in [0.5, 0.6) is 0 Å². The van der Waals surface area contributed by atoms with Gasteiger partial charge < -0.3 is 20.2 Å². The molecule has 3 N–H and O–H groups in total. The Morgan fingerprint density at radius 2 is 1.89 bits per heavy atom. The zero-order chi connectivity index (χ0) is 38.6. The number of likely N-dealkylation sites (tertiary alicyclic amines) is 1. The first-order valence-corrected chi connectivity index (χ1v) is 20.3. The van der Waals surface area contributed by atoms with E-state index < -0.39 is 41.0 Å². The first-order chi connectivity index (χ1) is 25.8. The second kappa shape index (κ2) is 17.0. The molecule has 13 heteroatoms. The molecule has 0 bridgehead atoms. The molecule has 1 aromatic heterocycles. The molecule has 2 aromatic rings. The lowest BCUT2D eigenvalue weighted by atomic mass is 9.77. The number of Topliss-reactive ketones (excluding diaryl/α,β-unsaturated/α-hetero) is 2. The highest BCUT2D eigenvalue weighted by Crippen LogP contribution is 2.42. The Bertz CT molecular complexity index is 1680. The van der Waals surface area contributed by atoms with Gasteiger partial charge >= 0.3 is 0 Å². The number of rotatable bonds is 16. The molecular weight excluding hydrogens is 708 g/mol. The van der Waals surface area contributed by atoms with Crippen molar-refractivity contribution in [2.45, 2.75) is 141 Å². The van der Waals surface area contributed by atoms with Crippen LogP contribution >= 0.6 is 11.6 Å². The summed E-state index contributed by atoms with van der Waals surface area (Å²) >= 11 is 6.31. The third-order valence-electron chi connectivity index (χ3n) is 12.0. The van der Waals surface area contributed by atoms with Crippen molar-refractivity contribution in [1.82, 2.24) is 25.6 Å². The predicted octanol–water partition coefficient (Wildman–Crippen LogP) is 6.00. The van der Waals surface area contributed by atoms with Crippen LogP contribution in [-0.4, -0.2) is 84.8 Å². The van der Waals surface area contributed by atoms with Crippen molar-refractivity contribution in [2.75, 3.05) is 6.54 Å². The molecule has 1 spiro atoms. The summed E-state index contributed by atoms with van der Waals surface area (Å²) in [6.07, 6.45) is 9.90. The number of aromatic nitrogens is 3. The van der Waals surface area contributed by atoms with Gasteiger partial charge in [0.05, 0.1) is 30.2 Å². The molecule has 6 rings (SSSR count). The monoisotopic (exact) mass is 764 g/mol. The van der Waals surface area contributed by atoms with E-state index in [2.05, 4.69) is 25.9 Å². The van der Waals surface area contributed by atoms with Gasteiger partial charge in [-0.2, -0.15) is 15.4 Å². The van der Waals surface area contributed by atoms with Crippen LogP contribution in [0, 0.1) is 29.1 Å². The maximum absolute atomic E-state index is 15.0. The largest absolute Gasteiger partial charge is 0.387 e. The summed E-state index contributed by atoms with van der Waals surface area (Å²) in [7, 11) is 0. The maximum Gasteiger partial charge on any atom is 0.246 e. The number of ketones is 2. The number of benzene rings is 1. The average Bonchev–Trinajstić information content (AvgIpc) is 3.49. The molecule has 1 aromatic carbocycles. The van der Waals surface area contributed by atoms with Crippen LogP contribution in [0.3, 0.4) is 0 Å². The van der Waals surface area contributed by atoms with Gasteiger partial charge in [0.15, 0.2) is 17.2 Å². The number of nitrogens with one attached hydrogen (secondary N) is 2. The molecule has 54 heavy (non-hydrogen) atoms. The van der Waals surface area contributed by atoms with Gasteiger partial charge in [0.25, 0.3) is 0 Å². The van der Waals surface area contributed by atoms with Crippen molar-refractivity contribution in [3.8, 4) is 0 Å². The van der Waals surface area contributed by atoms with E-state index in [1.54, 1.807) is 17.2 Å². The minimum atomic E-state index is -1.24. The maximum atomic E-state index is 15.0. The number of hydrogen-bond donors (Lipinski definition) is 3. The second-order valence-electron chi connectivity index (χ2n) is 17.4. The fourth-order valence-corrected chi connectivity index (χ4v) is 8.95. The first-order valence-electron chi connectivity index (χ1n) is 20.0. The third kappa shape index (κ3) is 9.59. The lowest BCUT2D eigenvalue weighted by Gasteiger charge is -2.37. The first kappa shape index (κ1) is 40.0. The predicted molar refractivity (Wildman–Crippen MR) is 204 cm³/mol. The Morgan fingerprint density at radius 3 is 2.54 bits per heavy atom. The zero-order valence-corrected chi connectivity index (χ0v) is 32.9. The van der Waals surface area contributed by atoms with E-state index in [9.17, 15) is 24.3 Å². The van der Waals surface area contributed by atoms with Crippen LogP contribution in [0.4, 0.5) is 0 Å². The second-order valence-corrected chi connectivity index (χ2v) is 17.9. The standard InChI is InChI=1S/C41H57ClN6O6/c1-5-10-28(36(51)35(50)17-25-15-16-25)19-34(49)33-22-41(21-32(46-54-41)27-13-9-14-29(42)18-27)24-48(33)39(53)37(40(2,3)4)44-38(52)31(20-30-23-43-47-45-30)26-11-7-6-8-12-26/h9,13-14,18,23,25-26,28,31,33,36-37,51H,5-8,10-12,15-17,19-22,24H2,1-4H3,(H,44,52)(H,43,45,47)/t28-,31+,33+,36?,37-,41-/m1/s1. The Kier molecular flexibility index (Phi) is 12.6. The molecule has 2 saturated carbocycles. The normalized spacial score (nSPS) is 24.1. The SMILES string of the molecule is CCC[C@H](CC(=O)[C@@H]1C[C@]2(CC(c3cccc(Cl)c3)=NO2)CN1C(=O)[C@@H](NC(=O)[C@@H](Cc1cn[nH]n1)C1CCCCC1)C(C)(C)C)C(O)C(=O)CC1CC1. The highest BCUT2D eigenvalue weighted by Gasteiger charge is 2.55. The van der Waals surface area contributed by atoms with E-state index in [1.165, 1.54) is 0 Å². The summed E-state index contributed by atoms with van der Waals surface area (Å²) in [4.78, 5) is 64.6.